The van der Waals surface area contributed by atoms with Gasteiger partial charge in [0.25, 0.3) is 0 Å². The van der Waals surface area contributed by atoms with Crippen molar-refractivity contribution < 1.29 is 14.6 Å². The Kier molecular flexibility index (Phi) is 5.98. The first-order valence-corrected chi connectivity index (χ1v) is 7.28. The average Bonchev–Trinajstić information content (AvgIpc) is 2.53. The summed E-state index contributed by atoms with van der Waals surface area (Å²) in [7, 11) is 1.64. The van der Waals surface area contributed by atoms with Gasteiger partial charge >= 0.3 is 5.97 Å². The number of ether oxygens (including phenoxy) is 1. The van der Waals surface area contributed by atoms with Crippen LogP contribution in [0.4, 0.5) is 0 Å². The van der Waals surface area contributed by atoms with Crippen molar-refractivity contribution in [2.24, 2.45) is 0 Å². The van der Waals surface area contributed by atoms with Gasteiger partial charge in [-0.05, 0) is 29.7 Å². The first-order valence-electron chi connectivity index (χ1n) is 7.28. The number of benzene rings is 2. The molecule has 0 fully saturated rings. The Labute approximate surface area is 131 Å². The van der Waals surface area contributed by atoms with Gasteiger partial charge in [0.05, 0.1) is 13.7 Å². The predicted molar refractivity (Wildman–Crippen MR) is 86.1 cm³/mol. The van der Waals surface area contributed by atoms with Gasteiger partial charge < -0.3 is 9.84 Å². The van der Waals surface area contributed by atoms with Crippen molar-refractivity contribution in [1.82, 2.24) is 4.90 Å². The molecule has 0 unspecified atom stereocenters. The fourth-order valence-corrected chi connectivity index (χ4v) is 2.33. The first kappa shape index (κ1) is 16.0. The molecule has 2 aromatic rings. The molecule has 2 rings (SSSR count). The number of carboxylic acid groups (broad SMARTS) is 1. The summed E-state index contributed by atoms with van der Waals surface area (Å²) in [6.45, 7) is 1.39. The zero-order valence-corrected chi connectivity index (χ0v) is 12.7. The summed E-state index contributed by atoms with van der Waals surface area (Å²) in [5, 5.41) is 9.07. The van der Waals surface area contributed by atoms with E-state index in [1.165, 1.54) is 5.56 Å². The van der Waals surface area contributed by atoms with Crippen LogP contribution in [0.3, 0.4) is 0 Å². The summed E-state index contributed by atoms with van der Waals surface area (Å²) < 4.78 is 5.14. The molecule has 0 atom stereocenters. The third-order valence-electron chi connectivity index (χ3n) is 3.48. The SMILES string of the molecule is COc1ccc(CCN(CC(=O)O)Cc2ccccc2)cc1. The monoisotopic (exact) mass is 299 g/mol. The van der Waals surface area contributed by atoms with Gasteiger partial charge in [-0.25, -0.2) is 0 Å². The van der Waals surface area contributed by atoms with Crippen LogP contribution in [-0.4, -0.2) is 36.2 Å². The fraction of sp³-hybridized carbons (Fsp3) is 0.278. The van der Waals surface area contributed by atoms with Crippen LogP contribution < -0.4 is 4.74 Å². The molecule has 22 heavy (non-hydrogen) atoms. The van der Waals surface area contributed by atoms with Crippen LogP contribution in [0.2, 0.25) is 0 Å². The van der Waals surface area contributed by atoms with E-state index in [4.69, 9.17) is 9.84 Å². The van der Waals surface area contributed by atoms with Gasteiger partial charge in [-0.1, -0.05) is 42.5 Å². The summed E-state index contributed by atoms with van der Waals surface area (Å²) in [5.41, 5.74) is 2.29. The molecule has 0 spiro atoms. The number of methoxy groups -OCH3 is 1. The second kappa shape index (κ2) is 8.20. The smallest absolute Gasteiger partial charge is 0.317 e. The Balaban J connectivity index is 1.95. The van der Waals surface area contributed by atoms with Gasteiger partial charge in [0.1, 0.15) is 5.75 Å². The topological polar surface area (TPSA) is 49.8 Å². The number of hydrogen-bond donors (Lipinski definition) is 1. The largest absolute Gasteiger partial charge is 0.497 e. The zero-order valence-electron chi connectivity index (χ0n) is 12.7. The van der Waals surface area contributed by atoms with Gasteiger partial charge in [-0.15, -0.1) is 0 Å². The molecule has 0 aliphatic carbocycles. The lowest BCUT2D eigenvalue weighted by Gasteiger charge is -2.20. The molecule has 0 amide bonds. The van der Waals surface area contributed by atoms with Crippen LogP contribution in [-0.2, 0) is 17.8 Å². The minimum atomic E-state index is -0.800. The van der Waals surface area contributed by atoms with Gasteiger partial charge in [-0.2, -0.15) is 0 Å². The molecule has 0 aliphatic rings. The van der Waals surface area contributed by atoms with E-state index < -0.39 is 5.97 Å². The normalized spacial score (nSPS) is 10.6. The quantitative estimate of drug-likeness (QED) is 0.814. The van der Waals surface area contributed by atoms with Crippen molar-refractivity contribution in [3.63, 3.8) is 0 Å². The second-order valence-electron chi connectivity index (χ2n) is 5.19. The molecule has 0 heterocycles. The summed E-state index contributed by atoms with van der Waals surface area (Å²) in [4.78, 5) is 13.0. The lowest BCUT2D eigenvalue weighted by atomic mass is 10.1. The molecular weight excluding hydrogens is 278 g/mol. The molecule has 0 bridgehead atoms. The maximum atomic E-state index is 11.0. The Hall–Kier alpha value is -2.33. The lowest BCUT2D eigenvalue weighted by molar-refractivity contribution is -0.138. The first-order chi connectivity index (χ1) is 10.7. The highest BCUT2D eigenvalue weighted by molar-refractivity contribution is 5.69. The highest BCUT2D eigenvalue weighted by atomic mass is 16.5. The van der Waals surface area contributed by atoms with E-state index in [1.807, 2.05) is 59.5 Å². The van der Waals surface area contributed by atoms with Crippen LogP contribution in [0.15, 0.2) is 54.6 Å². The molecule has 4 heteroatoms. The Morgan fingerprint density at radius 3 is 2.32 bits per heavy atom. The van der Waals surface area contributed by atoms with Crippen molar-refractivity contribution >= 4 is 5.97 Å². The number of aliphatic carboxylic acids is 1. The second-order valence-corrected chi connectivity index (χ2v) is 5.19. The van der Waals surface area contributed by atoms with Crippen molar-refractivity contribution in [3.8, 4) is 5.75 Å². The van der Waals surface area contributed by atoms with Crippen LogP contribution in [0.1, 0.15) is 11.1 Å². The van der Waals surface area contributed by atoms with E-state index in [9.17, 15) is 4.79 Å². The third-order valence-corrected chi connectivity index (χ3v) is 3.48. The van der Waals surface area contributed by atoms with Crippen LogP contribution in [0, 0.1) is 0 Å². The number of carbonyl (C=O) groups is 1. The van der Waals surface area contributed by atoms with Crippen LogP contribution in [0.25, 0.3) is 0 Å². The number of nitrogens with zero attached hydrogens (tertiary/aromatic N) is 1. The Bertz CT molecular complexity index is 581. The molecule has 0 radical (unpaired) electrons. The molecule has 2 aromatic carbocycles. The lowest BCUT2D eigenvalue weighted by Crippen LogP contribution is -2.31. The molecular formula is C18H21NO3. The minimum absolute atomic E-state index is 0.0467. The van der Waals surface area contributed by atoms with Crippen molar-refractivity contribution in [1.29, 1.82) is 0 Å². The highest BCUT2D eigenvalue weighted by Crippen LogP contribution is 2.12. The van der Waals surface area contributed by atoms with Crippen molar-refractivity contribution in [2.45, 2.75) is 13.0 Å². The molecule has 0 saturated carbocycles. The van der Waals surface area contributed by atoms with E-state index in [-0.39, 0.29) is 6.54 Å². The van der Waals surface area contributed by atoms with E-state index in [0.717, 1.165) is 17.7 Å². The van der Waals surface area contributed by atoms with Crippen molar-refractivity contribution in [2.75, 3.05) is 20.2 Å². The molecule has 0 aromatic heterocycles. The standard InChI is InChI=1S/C18H21NO3/c1-22-17-9-7-15(8-10-17)11-12-19(14-18(20)21)13-16-5-3-2-4-6-16/h2-10H,11-14H2,1H3,(H,20,21). The van der Waals surface area contributed by atoms with Crippen molar-refractivity contribution in [3.05, 3.63) is 65.7 Å². The molecule has 0 saturated heterocycles. The fourth-order valence-electron chi connectivity index (χ4n) is 2.33. The maximum absolute atomic E-state index is 11.0. The number of hydrogen-bond acceptors (Lipinski definition) is 3. The van der Waals surface area contributed by atoms with E-state index in [2.05, 4.69) is 0 Å². The van der Waals surface area contributed by atoms with E-state index in [0.29, 0.717) is 13.1 Å². The summed E-state index contributed by atoms with van der Waals surface area (Å²) in [6, 6.07) is 17.8. The van der Waals surface area contributed by atoms with Gasteiger partial charge in [0.2, 0.25) is 0 Å². The van der Waals surface area contributed by atoms with E-state index >= 15 is 0 Å². The van der Waals surface area contributed by atoms with Gasteiger partial charge in [0, 0.05) is 13.1 Å². The number of rotatable bonds is 8. The summed E-state index contributed by atoms with van der Waals surface area (Å²) in [6.07, 6.45) is 0.810. The molecule has 116 valence electrons. The maximum Gasteiger partial charge on any atom is 0.317 e. The Morgan fingerprint density at radius 2 is 1.73 bits per heavy atom. The molecule has 4 nitrogen and oxygen atoms in total. The van der Waals surface area contributed by atoms with Crippen LogP contribution >= 0.6 is 0 Å². The van der Waals surface area contributed by atoms with Crippen LogP contribution in [0.5, 0.6) is 5.75 Å². The third kappa shape index (κ3) is 5.22. The summed E-state index contributed by atoms with van der Waals surface area (Å²) in [5.74, 6) is 0.0288. The Morgan fingerprint density at radius 1 is 1.05 bits per heavy atom. The molecule has 0 aliphatic heterocycles. The minimum Gasteiger partial charge on any atom is -0.497 e. The average molecular weight is 299 g/mol. The van der Waals surface area contributed by atoms with Gasteiger partial charge in [-0.3, -0.25) is 9.69 Å². The van der Waals surface area contributed by atoms with E-state index in [1.54, 1.807) is 7.11 Å². The zero-order chi connectivity index (χ0) is 15.8. The summed E-state index contributed by atoms with van der Waals surface area (Å²) >= 11 is 0. The van der Waals surface area contributed by atoms with Gasteiger partial charge in [0.15, 0.2) is 0 Å². The number of carboxylic acids is 1. The molecule has 1 N–H and O–H groups in total. The highest BCUT2D eigenvalue weighted by Gasteiger charge is 2.10. The predicted octanol–water partition coefficient (Wildman–Crippen LogP) is 2.82.